The third-order valence-corrected chi connectivity index (χ3v) is 3.65. The largest absolute Gasteiger partial charge is 0.465 e. The van der Waals surface area contributed by atoms with Crippen molar-refractivity contribution in [1.29, 1.82) is 0 Å². The number of carbonyl (C=O) groups excluding carboxylic acids is 1. The molecule has 0 aromatic carbocycles. The number of aryl methyl sites for hydroxylation is 1. The molecule has 5 heteroatoms. The average molecular weight is 280 g/mol. The van der Waals surface area contributed by atoms with E-state index in [1.807, 2.05) is 24.0 Å². The molecule has 1 amide bonds. The number of methoxy groups -OCH3 is 1. The zero-order chi connectivity index (χ0) is 14.4. The molecule has 0 aliphatic carbocycles. The Bertz CT molecular complexity index is 425. The van der Waals surface area contributed by atoms with Gasteiger partial charge in [0.25, 0.3) is 0 Å². The third kappa shape index (κ3) is 4.08. The number of rotatable bonds is 6. The van der Waals surface area contributed by atoms with Gasteiger partial charge in [-0.15, -0.1) is 0 Å². The minimum atomic E-state index is -0.0811. The van der Waals surface area contributed by atoms with Crippen molar-refractivity contribution >= 4 is 5.91 Å². The summed E-state index contributed by atoms with van der Waals surface area (Å²) in [7, 11) is 1.65. The molecule has 0 bridgehead atoms. The van der Waals surface area contributed by atoms with Crippen LogP contribution in [0.25, 0.3) is 0 Å². The lowest BCUT2D eigenvalue weighted by molar-refractivity contribution is -0.131. The van der Waals surface area contributed by atoms with Crippen LogP contribution >= 0.6 is 0 Å². The van der Waals surface area contributed by atoms with Crippen molar-refractivity contribution in [2.24, 2.45) is 0 Å². The van der Waals surface area contributed by atoms with Crippen LogP contribution in [0, 0.1) is 6.92 Å². The number of amides is 1. The molecule has 1 aromatic rings. The first-order chi connectivity index (χ1) is 9.70. The van der Waals surface area contributed by atoms with Crippen molar-refractivity contribution in [3.63, 3.8) is 0 Å². The zero-order valence-corrected chi connectivity index (χ0v) is 12.4. The van der Waals surface area contributed by atoms with Crippen LogP contribution in [0.2, 0.25) is 0 Å². The van der Waals surface area contributed by atoms with Gasteiger partial charge in [0.15, 0.2) is 0 Å². The molecule has 1 saturated heterocycles. The first-order valence-electron chi connectivity index (χ1n) is 7.27. The maximum Gasteiger partial charge on any atom is 0.236 e. The Hall–Kier alpha value is -1.33. The molecule has 0 radical (unpaired) electrons. The molecule has 1 aromatic heterocycles. The fourth-order valence-electron chi connectivity index (χ4n) is 2.51. The summed E-state index contributed by atoms with van der Waals surface area (Å²) in [6.45, 7) is 4.49. The van der Waals surface area contributed by atoms with E-state index in [-0.39, 0.29) is 11.9 Å². The summed E-state index contributed by atoms with van der Waals surface area (Å²) in [5, 5.41) is 3.24. The number of carbonyl (C=O) groups is 1. The molecule has 0 saturated carbocycles. The van der Waals surface area contributed by atoms with E-state index >= 15 is 0 Å². The monoisotopic (exact) mass is 280 g/mol. The maximum atomic E-state index is 12.1. The molecule has 1 aliphatic heterocycles. The summed E-state index contributed by atoms with van der Waals surface area (Å²) in [5.74, 6) is 1.84. The van der Waals surface area contributed by atoms with Crippen molar-refractivity contribution in [3.05, 3.63) is 23.7 Å². The number of nitrogens with one attached hydrogen (secondary N) is 1. The number of likely N-dealkylation sites (tertiary alicyclic amines) is 1. The van der Waals surface area contributed by atoms with Gasteiger partial charge < -0.3 is 14.1 Å². The highest BCUT2D eigenvalue weighted by Gasteiger charge is 2.20. The van der Waals surface area contributed by atoms with Crippen LogP contribution in [0.4, 0.5) is 0 Å². The van der Waals surface area contributed by atoms with Crippen molar-refractivity contribution in [2.75, 3.05) is 33.4 Å². The van der Waals surface area contributed by atoms with Crippen LogP contribution in [0.1, 0.15) is 36.8 Å². The summed E-state index contributed by atoms with van der Waals surface area (Å²) in [5.41, 5.74) is 0. The summed E-state index contributed by atoms with van der Waals surface area (Å²) in [4.78, 5) is 14.1. The van der Waals surface area contributed by atoms with E-state index in [2.05, 4.69) is 5.32 Å². The second-order valence-corrected chi connectivity index (χ2v) is 5.28. The van der Waals surface area contributed by atoms with Crippen LogP contribution in [-0.2, 0) is 9.53 Å². The molecule has 0 spiro atoms. The molecule has 5 nitrogen and oxygen atoms in total. The number of hydrogen-bond acceptors (Lipinski definition) is 4. The highest BCUT2D eigenvalue weighted by atomic mass is 16.5. The Morgan fingerprint density at radius 1 is 1.40 bits per heavy atom. The highest BCUT2D eigenvalue weighted by molar-refractivity contribution is 5.78. The standard InChI is InChI=1S/C15H24N2O3/c1-12-6-7-14(20-12)13(11-19-2)16-10-15(18)17-8-4-3-5-9-17/h6-7,13,16H,3-5,8-11H2,1-2H3. The second kappa shape index (κ2) is 7.45. The van der Waals surface area contributed by atoms with Crippen molar-refractivity contribution < 1.29 is 13.9 Å². The number of piperidine rings is 1. The van der Waals surface area contributed by atoms with Crippen LogP contribution in [-0.4, -0.2) is 44.2 Å². The Labute approximate surface area is 120 Å². The van der Waals surface area contributed by atoms with Crippen LogP contribution in [0.5, 0.6) is 0 Å². The van der Waals surface area contributed by atoms with Gasteiger partial charge in [-0.3, -0.25) is 10.1 Å². The van der Waals surface area contributed by atoms with Crippen LogP contribution in [0.3, 0.4) is 0 Å². The zero-order valence-electron chi connectivity index (χ0n) is 12.4. The quantitative estimate of drug-likeness (QED) is 0.864. The Morgan fingerprint density at radius 2 is 2.15 bits per heavy atom. The minimum absolute atomic E-state index is 0.0811. The Kier molecular flexibility index (Phi) is 5.61. The molecule has 20 heavy (non-hydrogen) atoms. The van der Waals surface area contributed by atoms with Crippen molar-refractivity contribution in [1.82, 2.24) is 10.2 Å². The summed E-state index contributed by atoms with van der Waals surface area (Å²) in [6, 6.07) is 3.77. The number of furan rings is 1. The molecule has 1 unspecified atom stereocenters. The van der Waals surface area contributed by atoms with Gasteiger partial charge in [-0.05, 0) is 38.3 Å². The van der Waals surface area contributed by atoms with Gasteiger partial charge in [0, 0.05) is 20.2 Å². The molecule has 2 rings (SSSR count). The van der Waals surface area contributed by atoms with E-state index in [0.717, 1.165) is 37.5 Å². The molecular formula is C15H24N2O3. The molecule has 1 N–H and O–H groups in total. The lowest BCUT2D eigenvalue weighted by atomic mass is 10.1. The molecule has 2 heterocycles. The smallest absolute Gasteiger partial charge is 0.236 e. The fraction of sp³-hybridized carbons (Fsp3) is 0.667. The van der Waals surface area contributed by atoms with Gasteiger partial charge in [0.2, 0.25) is 5.91 Å². The van der Waals surface area contributed by atoms with E-state index in [1.54, 1.807) is 7.11 Å². The van der Waals surface area contributed by atoms with Gasteiger partial charge in [-0.25, -0.2) is 0 Å². The second-order valence-electron chi connectivity index (χ2n) is 5.28. The highest BCUT2D eigenvalue weighted by Crippen LogP contribution is 2.16. The maximum absolute atomic E-state index is 12.1. The predicted octanol–water partition coefficient (Wildman–Crippen LogP) is 1.88. The van der Waals surface area contributed by atoms with Crippen molar-refractivity contribution in [3.8, 4) is 0 Å². The van der Waals surface area contributed by atoms with Gasteiger partial charge >= 0.3 is 0 Å². The van der Waals surface area contributed by atoms with Crippen molar-refractivity contribution in [2.45, 2.75) is 32.2 Å². The van der Waals surface area contributed by atoms with Gasteiger partial charge in [0.1, 0.15) is 11.5 Å². The van der Waals surface area contributed by atoms with E-state index in [9.17, 15) is 4.79 Å². The van der Waals surface area contributed by atoms with Gasteiger partial charge in [0.05, 0.1) is 19.2 Å². The minimum Gasteiger partial charge on any atom is -0.465 e. The lowest BCUT2D eigenvalue weighted by Gasteiger charge is -2.27. The number of hydrogen-bond donors (Lipinski definition) is 1. The first-order valence-corrected chi connectivity index (χ1v) is 7.27. The predicted molar refractivity (Wildman–Crippen MR) is 76.5 cm³/mol. The first kappa shape index (κ1) is 15.1. The van der Waals surface area contributed by atoms with Gasteiger partial charge in [-0.1, -0.05) is 0 Å². The molecule has 1 atom stereocenters. The fourth-order valence-corrected chi connectivity index (χ4v) is 2.51. The van der Waals surface area contributed by atoms with Crippen LogP contribution < -0.4 is 5.32 Å². The summed E-state index contributed by atoms with van der Waals surface area (Å²) >= 11 is 0. The van der Waals surface area contributed by atoms with E-state index in [0.29, 0.717) is 13.2 Å². The van der Waals surface area contributed by atoms with E-state index in [1.165, 1.54) is 6.42 Å². The Morgan fingerprint density at radius 3 is 2.75 bits per heavy atom. The molecule has 1 fully saturated rings. The number of nitrogens with zero attached hydrogens (tertiary/aromatic N) is 1. The SMILES string of the molecule is COCC(NCC(=O)N1CCCCC1)c1ccc(C)o1. The molecule has 1 aliphatic rings. The van der Waals surface area contributed by atoms with E-state index < -0.39 is 0 Å². The number of ether oxygens (including phenoxy) is 1. The normalized spacial score (nSPS) is 17.2. The summed E-state index contributed by atoms with van der Waals surface area (Å²) in [6.07, 6.45) is 3.46. The van der Waals surface area contributed by atoms with E-state index in [4.69, 9.17) is 9.15 Å². The summed E-state index contributed by atoms with van der Waals surface area (Å²) < 4.78 is 10.8. The Balaban J connectivity index is 1.86. The average Bonchev–Trinajstić information content (AvgIpc) is 2.90. The molecular weight excluding hydrogens is 256 g/mol. The van der Waals surface area contributed by atoms with Crippen LogP contribution in [0.15, 0.2) is 16.5 Å². The molecule has 112 valence electrons. The topological polar surface area (TPSA) is 54.7 Å². The lowest BCUT2D eigenvalue weighted by Crippen LogP contribution is -2.42. The van der Waals surface area contributed by atoms with Gasteiger partial charge in [-0.2, -0.15) is 0 Å². The third-order valence-electron chi connectivity index (χ3n) is 3.65.